The molecule has 0 aliphatic carbocycles. The molecule has 2 aromatic rings. The van der Waals surface area contributed by atoms with E-state index in [1.54, 1.807) is 6.07 Å². The lowest BCUT2D eigenvalue weighted by atomic mass is 10.2. The Kier molecular flexibility index (Phi) is 3.84. The zero-order valence-corrected chi connectivity index (χ0v) is 11.1. The highest BCUT2D eigenvalue weighted by molar-refractivity contribution is 6.30. The van der Waals surface area contributed by atoms with Crippen molar-refractivity contribution in [3.8, 4) is 0 Å². The molecule has 0 atom stereocenters. The predicted molar refractivity (Wildman–Crippen MR) is 73.3 cm³/mol. The second kappa shape index (κ2) is 5.37. The number of aryl methyl sites for hydroxylation is 1. The molecule has 0 aliphatic heterocycles. The summed E-state index contributed by atoms with van der Waals surface area (Å²) in [4.78, 5) is 12.0. The lowest BCUT2D eigenvalue weighted by Crippen LogP contribution is -2.06. The van der Waals surface area contributed by atoms with Crippen LogP contribution in [-0.2, 0) is 5.88 Å². The number of aromatic nitrogens is 3. The van der Waals surface area contributed by atoms with Crippen molar-refractivity contribution in [3.63, 3.8) is 0 Å². The Labute approximate surface area is 114 Å². The largest absolute Gasteiger partial charge is 0.368 e. The summed E-state index contributed by atoms with van der Waals surface area (Å²) in [6.07, 6.45) is 0. The van der Waals surface area contributed by atoms with E-state index in [1.807, 2.05) is 19.1 Å². The van der Waals surface area contributed by atoms with E-state index in [1.165, 1.54) is 0 Å². The maximum atomic E-state index is 5.93. The van der Waals surface area contributed by atoms with Crippen LogP contribution < -0.4 is 11.1 Å². The van der Waals surface area contributed by atoms with Crippen molar-refractivity contribution in [2.24, 2.45) is 0 Å². The molecular weight excluding hydrogens is 273 g/mol. The van der Waals surface area contributed by atoms with Crippen LogP contribution >= 0.6 is 23.2 Å². The van der Waals surface area contributed by atoms with Gasteiger partial charge in [-0.3, -0.25) is 0 Å². The monoisotopic (exact) mass is 283 g/mol. The Morgan fingerprint density at radius 3 is 2.78 bits per heavy atom. The summed E-state index contributed by atoms with van der Waals surface area (Å²) in [5.74, 6) is 1.08. The smallest absolute Gasteiger partial charge is 0.232 e. The number of rotatable bonds is 3. The van der Waals surface area contributed by atoms with Gasteiger partial charge in [-0.1, -0.05) is 17.7 Å². The van der Waals surface area contributed by atoms with E-state index in [4.69, 9.17) is 28.9 Å². The van der Waals surface area contributed by atoms with Crippen LogP contribution in [0.4, 0.5) is 17.6 Å². The first-order chi connectivity index (χ1) is 8.58. The Morgan fingerprint density at radius 1 is 1.28 bits per heavy atom. The van der Waals surface area contributed by atoms with Gasteiger partial charge in [0.2, 0.25) is 11.9 Å². The topological polar surface area (TPSA) is 76.7 Å². The molecule has 0 radical (unpaired) electrons. The predicted octanol–water partition coefficient (Wildman–Crippen LogP) is 2.90. The van der Waals surface area contributed by atoms with Crippen molar-refractivity contribution in [2.75, 3.05) is 11.1 Å². The minimum absolute atomic E-state index is 0.128. The Balaban J connectivity index is 2.33. The van der Waals surface area contributed by atoms with Gasteiger partial charge in [0, 0.05) is 10.7 Å². The van der Waals surface area contributed by atoms with Gasteiger partial charge in [-0.15, -0.1) is 11.6 Å². The molecule has 0 bridgehead atoms. The summed E-state index contributed by atoms with van der Waals surface area (Å²) in [7, 11) is 0. The first-order valence-corrected chi connectivity index (χ1v) is 6.09. The van der Waals surface area contributed by atoms with Crippen LogP contribution in [0.2, 0.25) is 5.02 Å². The average Bonchev–Trinajstić information content (AvgIpc) is 2.33. The minimum atomic E-state index is 0.128. The van der Waals surface area contributed by atoms with Gasteiger partial charge in [-0.2, -0.15) is 15.0 Å². The van der Waals surface area contributed by atoms with Crippen LogP contribution in [0.3, 0.4) is 0 Å². The number of benzene rings is 1. The quantitative estimate of drug-likeness (QED) is 0.847. The zero-order chi connectivity index (χ0) is 13.1. The molecule has 0 saturated carbocycles. The number of nitrogens with two attached hydrogens (primary N) is 1. The lowest BCUT2D eigenvalue weighted by molar-refractivity contribution is 0.978. The maximum Gasteiger partial charge on any atom is 0.232 e. The van der Waals surface area contributed by atoms with Crippen LogP contribution in [0.5, 0.6) is 0 Å². The Bertz CT molecular complexity index is 573. The SMILES string of the molecule is Cc1ccc(Cl)cc1Nc1nc(N)nc(CCl)n1. The molecular formula is C11H11Cl2N5. The number of nitrogens with one attached hydrogen (secondary N) is 1. The molecule has 1 aromatic carbocycles. The average molecular weight is 284 g/mol. The number of hydrogen-bond acceptors (Lipinski definition) is 5. The Morgan fingerprint density at radius 2 is 2.06 bits per heavy atom. The highest BCUT2D eigenvalue weighted by atomic mass is 35.5. The van der Waals surface area contributed by atoms with Gasteiger partial charge in [0.05, 0.1) is 5.88 Å². The van der Waals surface area contributed by atoms with E-state index in [-0.39, 0.29) is 11.8 Å². The second-order valence-electron chi connectivity index (χ2n) is 3.65. The summed E-state index contributed by atoms with van der Waals surface area (Å²) in [6.45, 7) is 1.95. The highest BCUT2D eigenvalue weighted by Gasteiger charge is 2.06. The first-order valence-electron chi connectivity index (χ1n) is 5.18. The fourth-order valence-corrected chi connectivity index (χ4v) is 1.69. The zero-order valence-electron chi connectivity index (χ0n) is 9.61. The normalized spacial score (nSPS) is 10.4. The fourth-order valence-electron chi connectivity index (χ4n) is 1.40. The lowest BCUT2D eigenvalue weighted by Gasteiger charge is -2.09. The third-order valence-electron chi connectivity index (χ3n) is 2.26. The van der Waals surface area contributed by atoms with Crippen LogP contribution in [0.1, 0.15) is 11.4 Å². The number of nitrogen functional groups attached to an aromatic ring is 1. The summed E-state index contributed by atoms with van der Waals surface area (Å²) < 4.78 is 0. The molecule has 0 amide bonds. The van der Waals surface area contributed by atoms with E-state index >= 15 is 0 Å². The molecule has 0 spiro atoms. The van der Waals surface area contributed by atoms with Crippen molar-refractivity contribution in [1.29, 1.82) is 0 Å². The molecule has 18 heavy (non-hydrogen) atoms. The number of hydrogen-bond donors (Lipinski definition) is 2. The maximum absolute atomic E-state index is 5.93. The molecule has 0 fully saturated rings. The number of halogens is 2. The molecule has 7 heteroatoms. The van der Waals surface area contributed by atoms with Crippen molar-refractivity contribution < 1.29 is 0 Å². The molecule has 94 valence electrons. The minimum Gasteiger partial charge on any atom is -0.368 e. The van der Waals surface area contributed by atoms with Gasteiger partial charge >= 0.3 is 0 Å². The molecule has 1 aromatic heterocycles. The number of nitrogens with zero attached hydrogens (tertiary/aromatic N) is 3. The molecule has 0 unspecified atom stereocenters. The van der Waals surface area contributed by atoms with Crippen LogP contribution in [0.15, 0.2) is 18.2 Å². The number of anilines is 3. The van der Waals surface area contributed by atoms with Gasteiger partial charge in [0.1, 0.15) is 0 Å². The molecule has 2 rings (SSSR count). The Hall–Kier alpha value is -1.59. The van der Waals surface area contributed by atoms with E-state index in [0.717, 1.165) is 11.3 Å². The first kappa shape index (κ1) is 12.9. The van der Waals surface area contributed by atoms with Crippen molar-refractivity contribution in [3.05, 3.63) is 34.6 Å². The van der Waals surface area contributed by atoms with Crippen molar-refractivity contribution in [2.45, 2.75) is 12.8 Å². The molecule has 1 heterocycles. The standard InChI is InChI=1S/C11H11Cl2N5/c1-6-2-3-7(13)4-8(6)15-11-17-9(5-12)16-10(14)18-11/h2-4H,5H2,1H3,(H3,14,15,16,17,18). The third-order valence-corrected chi connectivity index (χ3v) is 2.74. The van der Waals surface area contributed by atoms with E-state index in [0.29, 0.717) is 16.8 Å². The van der Waals surface area contributed by atoms with Crippen LogP contribution in [0, 0.1) is 6.92 Å². The number of alkyl halides is 1. The van der Waals surface area contributed by atoms with E-state index < -0.39 is 0 Å². The van der Waals surface area contributed by atoms with Gasteiger partial charge in [-0.25, -0.2) is 0 Å². The molecule has 5 nitrogen and oxygen atoms in total. The highest BCUT2D eigenvalue weighted by Crippen LogP contribution is 2.22. The second-order valence-corrected chi connectivity index (χ2v) is 4.36. The van der Waals surface area contributed by atoms with Gasteiger partial charge in [0.15, 0.2) is 5.82 Å². The van der Waals surface area contributed by atoms with Crippen molar-refractivity contribution >= 4 is 40.8 Å². The molecule has 0 saturated heterocycles. The molecule has 0 aliphatic rings. The third kappa shape index (κ3) is 3.00. The van der Waals surface area contributed by atoms with Gasteiger partial charge < -0.3 is 11.1 Å². The summed E-state index contributed by atoms with van der Waals surface area (Å²) in [5.41, 5.74) is 7.40. The van der Waals surface area contributed by atoms with Gasteiger partial charge in [-0.05, 0) is 24.6 Å². The van der Waals surface area contributed by atoms with Crippen molar-refractivity contribution in [1.82, 2.24) is 15.0 Å². The van der Waals surface area contributed by atoms with Gasteiger partial charge in [0.25, 0.3) is 0 Å². The fraction of sp³-hybridized carbons (Fsp3) is 0.182. The summed E-state index contributed by atoms with van der Waals surface area (Å²) in [6, 6.07) is 5.50. The van der Waals surface area contributed by atoms with E-state index in [2.05, 4.69) is 20.3 Å². The van der Waals surface area contributed by atoms with E-state index in [9.17, 15) is 0 Å². The summed E-state index contributed by atoms with van der Waals surface area (Å²) >= 11 is 11.6. The summed E-state index contributed by atoms with van der Waals surface area (Å²) in [5, 5.41) is 3.67. The van der Waals surface area contributed by atoms with Crippen LogP contribution in [0.25, 0.3) is 0 Å². The van der Waals surface area contributed by atoms with Crippen LogP contribution in [-0.4, -0.2) is 15.0 Å². The molecule has 3 N–H and O–H groups in total.